The molecule has 3 rings (SSSR count). The number of benzene rings is 2. The number of rotatable bonds is 3. The van der Waals surface area contributed by atoms with E-state index >= 15 is 0 Å². The van der Waals surface area contributed by atoms with Gasteiger partial charge in [-0.25, -0.2) is 0 Å². The molecule has 0 spiro atoms. The van der Waals surface area contributed by atoms with Crippen molar-refractivity contribution in [2.75, 3.05) is 0 Å². The smallest absolute Gasteiger partial charge is 0.123 e. The molecule has 2 aromatic carbocycles. The highest BCUT2D eigenvalue weighted by Gasteiger charge is 2.05. The van der Waals surface area contributed by atoms with Crippen LogP contribution in [0.2, 0.25) is 0 Å². The first-order valence-electron chi connectivity index (χ1n) is 6.45. The molecule has 0 radical (unpaired) electrons. The van der Waals surface area contributed by atoms with Gasteiger partial charge in [-0.05, 0) is 30.7 Å². The minimum atomic E-state index is 0.519. The Morgan fingerprint density at radius 1 is 1.10 bits per heavy atom. The molecule has 0 saturated carbocycles. The van der Waals surface area contributed by atoms with Crippen molar-refractivity contribution in [3.05, 3.63) is 70.3 Å². The molecule has 20 heavy (non-hydrogen) atoms. The summed E-state index contributed by atoms with van der Waals surface area (Å²) in [6, 6.07) is 16.2. The monoisotopic (exact) mass is 327 g/mol. The van der Waals surface area contributed by atoms with Crippen LogP contribution in [-0.4, -0.2) is 4.98 Å². The lowest BCUT2D eigenvalue weighted by molar-refractivity contribution is 0.305. The summed E-state index contributed by atoms with van der Waals surface area (Å²) in [6.07, 6.45) is 1.82. The van der Waals surface area contributed by atoms with Gasteiger partial charge in [-0.1, -0.05) is 46.3 Å². The van der Waals surface area contributed by atoms with Crippen molar-refractivity contribution >= 4 is 26.8 Å². The molecule has 0 atom stereocenters. The third-order valence-corrected chi connectivity index (χ3v) is 3.74. The van der Waals surface area contributed by atoms with Gasteiger partial charge in [0.1, 0.15) is 12.4 Å². The molecular weight excluding hydrogens is 314 g/mol. The Kier molecular flexibility index (Phi) is 3.70. The molecule has 1 heterocycles. The van der Waals surface area contributed by atoms with Gasteiger partial charge in [0.15, 0.2) is 0 Å². The number of fused-ring (bicyclic) bond motifs is 1. The summed E-state index contributed by atoms with van der Waals surface area (Å²) in [6.45, 7) is 2.56. The predicted molar refractivity (Wildman–Crippen MR) is 85.0 cm³/mol. The molecule has 2 nitrogen and oxygen atoms in total. The number of pyridine rings is 1. The number of aromatic nitrogens is 1. The van der Waals surface area contributed by atoms with Gasteiger partial charge in [0.2, 0.25) is 0 Å². The molecule has 0 amide bonds. The van der Waals surface area contributed by atoms with Gasteiger partial charge >= 0.3 is 0 Å². The lowest BCUT2D eigenvalue weighted by Gasteiger charge is -2.11. The highest BCUT2D eigenvalue weighted by molar-refractivity contribution is 9.10. The van der Waals surface area contributed by atoms with Gasteiger partial charge in [-0.3, -0.25) is 4.98 Å². The Morgan fingerprint density at radius 3 is 2.85 bits per heavy atom. The summed E-state index contributed by atoms with van der Waals surface area (Å²) >= 11 is 3.47. The highest BCUT2D eigenvalue weighted by Crippen LogP contribution is 2.25. The molecule has 100 valence electrons. The van der Waals surface area contributed by atoms with E-state index in [2.05, 4.69) is 39.1 Å². The number of hydrogen-bond acceptors (Lipinski definition) is 2. The first-order chi connectivity index (χ1) is 9.74. The molecule has 0 fully saturated rings. The van der Waals surface area contributed by atoms with Gasteiger partial charge in [0, 0.05) is 21.6 Å². The molecule has 0 aliphatic carbocycles. The minimum Gasteiger partial charge on any atom is -0.489 e. The zero-order chi connectivity index (χ0) is 13.9. The van der Waals surface area contributed by atoms with Crippen molar-refractivity contribution < 1.29 is 4.74 Å². The second-order valence-electron chi connectivity index (χ2n) is 4.69. The normalized spacial score (nSPS) is 10.7. The molecule has 0 saturated heterocycles. The minimum absolute atomic E-state index is 0.519. The van der Waals surface area contributed by atoms with Crippen molar-refractivity contribution in [2.45, 2.75) is 13.5 Å². The number of nitrogens with zero attached hydrogens (tertiary/aromatic N) is 1. The molecule has 0 N–H and O–H groups in total. The molecule has 1 aromatic heterocycles. The number of hydrogen-bond donors (Lipinski definition) is 0. The maximum Gasteiger partial charge on any atom is 0.123 e. The van der Waals surface area contributed by atoms with E-state index in [1.54, 1.807) is 0 Å². The Morgan fingerprint density at radius 2 is 1.95 bits per heavy atom. The van der Waals surface area contributed by atoms with E-state index < -0.39 is 0 Å². The third-order valence-electron chi connectivity index (χ3n) is 3.25. The fraction of sp³-hybridized carbons (Fsp3) is 0.118. The molecule has 0 aliphatic rings. The van der Waals surface area contributed by atoms with Crippen LogP contribution in [0.1, 0.15) is 11.1 Å². The molecule has 0 unspecified atom stereocenters. The first-order valence-corrected chi connectivity index (χ1v) is 7.25. The van der Waals surface area contributed by atoms with Crippen molar-refractivity contribution in [2.24, 2.45) is 0 Å². The summed E-state index contributed by atoms with van der Waals surface area (Å²) in [5, 5.41) is 1.14. The Balaban J connectivity index is 1.89. The van der Waals surface area contributed by atoms with Crippen LogP contribution in [0.15, 0.2) is 59.2 Å². The van der Waals surface area contributed by atoms with E-state index in [9.17, 15) is 0 Å². The third kappa shape index (κ3) is 2.68. The van der Waals surface area contributed by atoms with Crippen LogP contribution >= 0.6 is 15.9 Å². The number of aryl methyl sites for hydroxylation is 1. The van der Waals surface area contributed by atoms with Crippen LogP contribution in [0.3, 0.4) is 0 Å². The SMILES string of the molecule is Cc1ccc(Br)cc1OCc1cccc2cccnc12. The van der Waals surface area contributed by atoms with Crippen LogP contribution in [0.5, 0.6) is 5.75 Å². The summed E-state index contributed by atoms with van der Waals surface area (Å²) < 4.78 is 6.96. The second kappa shape index (κ2) is 5.63. The van der Waals surface area contributed by atoms with Gasteiger partial charge in [0.25, 0.3) is 0 Å². The van der Waals surface area contributed by atoms with Gasteiger partial charge in [-0.2, -0.15) is 0 Å². The van der Waals surface area contributed by atoms with Crippen molar-refractivity contribution in [3.63, 3.8) is 0 Å². The highest BCUT2D eigenvalue weighted by atomic mass is 79.9. The van der Waals surface area contributed by atoms with Gasteiger partial charge in [-0.15, -0.1) is 0 Å². The first kappa shape index (κ1) is 13.1. The molecule has 3 aromatic rings. The predicted octanol–water partition coefficient (Wildman–Crippen LogP) is 4.88. The average Bonchev–Trinajstić information content (AvgIpc) is 2.48. The maximum atomic E-state index is 5.94. The summed E-state index contributed by atoms with van der Waals surface area (Å²) in [5.41, 5.74) is 3.23. The zero-order valence-corrected chi connectivity index (χ0v) is 12.7. The zero-order valence-electron chi connectivity index (χ0n) is 11.1. The van der Waals surface area contributed by atoms with Crippen LogP contribution in [0.25, 0.3) is 10.9 Å². The Bertz CT molecular complexity index is 750. The maximum absolute atomic E-state index is 5.94. The fourth-order valence-electron chi connectivity index (χ4n) is 2.17. The molecule has 0 aliphatic heterocycles. The van der Waals surface area contributed by atoms with Crippen LogP contribution in [0.4, 0.5) is 0 Å². The molecular formula is C17H14BrNO. The van der Waals surface area contributed by atoms with Crippen LogP contribution < -0.4 is 4.74 Å². The Labute approximate surface area is 126 Å². The second-order valence-corrected chi connectivity index (χ2v) is 5.61. The lowest BCUT2D eigenvalue weighted by atomic mass is 10.1. The van der Waals surface area contributed by atoms with Crippen molar-refractivity contribution in [1.82, 2.24) is 4.98 Å². The van der Waals surface area contributed by atoms with Gasteiger partial charge < -0.3 is 4.74 Å². The Hall–Kier alpha value is -1.87. The summed E-state index contributed by atoms with van der Waals surface area (Å²) in [5.74, 6) is 0.896. The molecule has 3 heteroatoms. The van der Waals surface area contributed by atoms with E-state index in [1.807, 2.05) is 43.5 Å². The number of ether oxygens (including phenoxy) is 1. The summed E-state index contributed by atoms with van der Waals surface area (Å²) in [4.78, 5) is 4.44. The fourth-order valence-corrected chi connectivity index (χ4v) is 2.51. The average molecular weight is 328 g/mol. The van der Waals surface area contributed by atoms with Crippen LogP contribution in [0, 0.1) is 6.92 Å². The van der Waals surface area contributed by atoms with Crippen LogP contribution in [-0.2, 0) is 6.61 Å². The quantitative estimate of drug-likeness (QED) is 0.683. The largest absolute Gasteiger partial charge is 0.489 e. The summed E-state index contributed by atoms with van der Waals surface area (Å²) in [7, 11) is 0. The number of para-hydroxylation sites is 1. The van der Waals surface area contributed by atoms with E-state index in [0.29, 0.717) is 6.61 Å². The van der Waals surface area contributed by atoms with E-state index in [-0.39, 0.29) is 0 Å². The van der Waals surface area contributed by atoms with E-state index in [1.165, 1.54) is 0 Å². The van der Waals surface area contributed by atoms with Gasteiger partial charge in [0.05, 0.1) is 5.52 Å². The standard InChI is InChI=1S/C17H14BrNO/c1-12-7-8-15(18)10-16(12)20-11-14-5-2-4-13-6-3-9-19-17(13)14/h2-10H,11H2,1H3. The molecule has 0 bridgehead atoms. The van der Waals surface area contributed by atoms with Crippen molar-refractivity contribution in [1.29, 1.82) is 0 Å². The van der Waals surface area contributed by atoms with E-state index in [0.717, 1.165) is 32.3 Å². The number of halogens is 1. The topological polar surface area (TPSA) is 22.1 Å². The van der Waals surface area contributed by atoms with Crippen molar-refractivity contribution in [3.8, 4) is 5.75 Å². The van der Waals surface area contributed by atoms with E-state index in [4.69, 9.17) is 4.74 Å². The lowest BCUT2D eigenvalue weighted by Crippen LogP contribution is -1.98.